The molecule has 90 valence electrons. The molecule has 0 saturated carbocycles. The van der Waals surface area contributed by atoms with E-state index in [0.29, 0.717) is 28.4 Å². The molecule has 0 aliphatic rings. The van der Waals surface area contributed by atoms with Gasteiger partial charge in [-0.15, -0.1) is 0 Å². The second-order valence-corrected chi connectivity index (χ2v) is 4.55. The largest absolute Gasteiger partial charge is 0.493 e. The summed E-state index contributed by atoms with van der Waals surface area (Å²) in [5.41, 5.74) is 5.52. The molecule has 0 unspecified atom stereocenters. The number of methoxy groups -OCH3 is 1. The fourth-order valence-electron chi connectivity index (χ4n) is 1.28. The molecule has 0 aliphatic carbocycles. The fourth-order valence-corrected chi connectivity index (χ4v) is 2.29. The van der Waals surface area contributed by atoms with Crippen LogP contribution in [0.15, 0.2) is 24.3 Å². The first-order chi connectivity index (χ1) is 8.24. The third-order valence-corrected chi connectivity index (χ3v) is 3.46. The van der Waals surface area contributed by atoms with Gasteiger partial charge >= 0.3 is 0 Å². The number of nitrogens with zero attached hydrogens (tertiary/aromatic N) is 1. The van der Waals surface area contributed by atoms with Crippen LogP contribution in [-0.2, 0) is 6.54 Å². The van der Waals surface area contributed by atoms with Crippen molar-refractivity contribution in [2.45, 2.75) is 6.54 Å². The molecule has 2 aromatic rings. The monoisotopic (exact) mass is 270 g/mol. The minimum absolute atomic E-state index is 0.353. The molecule has 1 heterocycles. The van der Waals surface area contributed by atoms with Crippen LogP contribution in [0.4, 0.5) is 0 Å². The van der Waals surface area contributed by atoms with Gasteiger partial charge in [0.05, 0.1) is 12.0 Å². The van der Waals surface area contributed by atoms with Gasteiger partial charge in [-0.25, -0.2) is 0 Å². The summed E-state index contributed by atoms with van der Waals surface area (Å²) in [6.07, 6.45) is 0. The van der Waals surface area contributed by atoms with Crippen molar-refractivity contribution in [1.82, 2.24) is 4.98 Å². The number of para-hydroxylation sites is 2. The Bertz CT molecular complexity index is 516. The zero-order valence-electron chi connectivity index (χ0n) is 9.14. The van der Waals surface area contributed by atoms with E-state index in [1.165, 1.54) is 11.3 Å². The summed E-state index contributed by atoms with van der Waals surface area (Å²) >= 11 is 7.22. The van der Waals surface area contributed by atoms with Crippen molar-refractivity contribution in [2.24, 2.45) is 5.73 Å². The molecule has 1 aromatic carbocycles. The van der Waals surface area contributed by atoms with E-state index in [4.69, 9.17) is 26.8 Å². The highest BCUT2D eigenvalue weighted by molar-refractivity contribution is 7.14. The van der Waals surface area contributed by atoms with Crippen LogP contribution >= 0.6 is 22.9 Å². The number of halogens is 1. The molecule has 0 amide bonds. The lowest BCUT2D eigenvalue weighted by atomic mass is 10.3. The van der Waals surface area contributed by atoms with Gasteiger partial charge < -0.3 is 15.2 Å². The Morgan fingerprint density at radius 1 is 1.35 bits per heavy atom. The Morgan fingerprint density at radius 2 is 2.06 bits per heavy atom. The number of ether oxygens (including phenoxy) is 2. The van der Waals surface area contributed by atoms with Crippen molar-refractivity contribution in [1.29, 1.82) is 0 Å². The standard InChI is InChI=1S/C11H11ClN2O2S/c1-15-7-4-2-3-5-8(7)16-11-14-10(12)9(6-13)17-11/h2-5H,6,13H2,1H3. The Hall–Kier alpha value is -1.30. The van der Waals surface area contributed by atoms with Gasteiger partial charge in [0.1, 0.15) is 5.15 Å². The lowest BCUT2D eigenvalue weighted by Gasteiger charge is -2.06. The van der Waals surface area contributed by atoms with E-state index in [9.17, 15) is 0 Å². The molecule has 0 aliphatic heterocycles. The molecule has 17 heavy (non-hydrogen) atoms. The van der Waals surface area contributed by atoms with Crippen molar-refractivity contribution in [3.63, 3.8) is 0 Å². The molecular formula is C11H11ClN2O2S. The van der Waals surface area contributed by atoms with Gasteiger partial charge in [0.15, 0.2) is 11.5 Å². The molecule has 4 nitrogen and oxygen atoms in total. The summed E-state index contributed by atoms with van der Waals surface area (Å²) in [5.74, 6) is 1.25. The van der Waals surface area contributed by atoms with Crippen LogP contribution in [0.1, 0.15) is 4.88 Å². The topological polar surface area (TPSA) is 57.4 Å². The zero-order valence-corrected chi connectivity index (χ0v) is 10.7. The number of rotatable bonds is 4. The molecule has 6 heteroatoms. The molecule has 2 rings (SSSR count). The first kappa shape index (κ1) is 12.2. The van der Waals surface area contributed by atoms with Gasteiger partial charge in [-0.1, -0.05) is 35.1 Å². The summed E-state index contributed by atoms with van der Waals surface area (Å²) in [5, 5.41) is 0.849. The van der Waals surface area contributed by atoms with Crippen molar-refractivity contribution >= 4 is 22.9 Å². The van der Waals surface area contributed by atoms with E-state index >= 15 is 0 Å². The number of thiazole rings is 1. The van der Waals surface area contributed by atoms with Crippen LogP contribution in [-0.4, -0.2) is 12.1 Å². The maximum Gasteiger partial charge on any atom is 0.280 e. The quantitative estimate of drug-likeness (QED) is 0.928. The molecule has 0 fully saturated rings. The lowest BCUT2D eigenvalue weighted by molar-refractivity contribution is 0.378. The van der Waals surface area contributed by atoms with Gasteiger partial charge in [-0.3, -0.25) is 0 Å². The summed E-state index contributed by atoms with van der Waals surface area (Å²) in [6, 6.07) is 7.34. The minimum atomic E-state index is 0.353. The van der Waals surface area contributed by atoms with Crippen molar-refractivity contribution in [2.75, 3.05) is 7.11 Å². The van der Waals surface area contributed by atoms with Gasteiger partial charge in [0.25, 0.3) is 5.19 Å². The van der Waals surface area contributed by atoms with Crippen LogP contribution < -0.4 is 15.2 Å². The van der Waals surface area contributed by atoms with Gasteiger partial charge in [0, 0.05) is 6.54 Å². The molecule has 0 saturated heterocycles. The van der Waals surface area contributed by atoms with Gasteiger partial charge in [-0.05, 0) is 12.1 Å². The molecule has 2 N–H and O–H groups in total. The van der Waals surface area contributed by atoms with Crippen LogP contribution in [0.25, 0.3) is 0 Å². The summed E-state index contributed by atoms with van der Waals surface area (Å²) in [6.45, 7) is 0.353. The Balaban J connectivity index is 2.25. The number of benzene rings is 1. The van der Waals surface area contributed by atoms with Crippen LogP contribution in [0.5, 0.6) is 16.7 Å². The van der Waals surface area contributed by atoms with E-state index in [-0.39, 0.29) is 0 Å². The smallest absolute Gasteiger partial charge is 0.280 e. The van der Waals surface area contributed by atoms with Gasteiger partial charge in [-0.2, -0.15) is 4.98 Å². The van der Waals surface area contributed by atoms with E-state index < -0.39 is 0 Å². The fraction of sp³-hybridized carbons (Fsp3) is 0.182. The maximum atomic E-state index is 5.89. The Kier molecular flexibility index (Phi) is 3.83. The minimum Gasteiger partial charge on any atom is -0.493 e. The second-order valence-electron chi connectivity index (χ2n) is 3.15. The summed E-state index contributed by atoms with van der Waals surface area (Å²) < 4.78 is 10.8. The Labute approximate surface area is 108 Å². The maximum absolute atomic E-state index is 5.89. The third-order valence-electron chi connectivity index (χ3n) is 2.08. The molecule has 0 radical (unpaired) electrons. The highest BCUT2D eigenvalue weighted by Crippen LogP contribution is 2.35. The number of aromatic nitrogens is 1. The molecule has 0 atom stereocenters. The lowest BCUT2D eigenvalue weighted by Crippen LogP contribution is -1.92. The first-order valence-electron chi connectivity index (χ1n) is 4.90. The first-order valence-corrected chi connectivity index (χ1v) is 6.10. The average Bonchev–Trinajstić information content (AvgIpc) is 2.70. The van der Waals surface area contributed by atoms with Crippen LogP contribution in [0.3, 0.4) is 0 Å². The highest BCUT2D eigenvalue weighted by Gasteiger charge is 2.11. The Morgan fingerprint density at radius 3 is 2.65 bits per heavy atom. The van der Waals surface area contributed by atoms with Crippen LogP contribution in [0, 0.1) is 0 Å². The molecule has 0 spiro atoms. The van der Waals surface area contributed by atoms with Crippen LogP contribution in [0.2, 0.25) is 5.15 Å². The van der Waals surface area contributed by atoms with E-state index in [0.717, 1.165) is 4.88 Å². The van der Waals surface area contributed by atoms with Crippen molar-refractivity contribution in [3.05, 3.63) is 34.3 Å². The normalized spacial score (nSPS) is 10.3. The molecular weight excluding hydrogens is 260 g/mol. The second kappa shape index (κ2) is 5.35. The average molecular weight is 271 g/mol. The molecule has 0 bridgehead atoms. The highest BCUT2D eigenvalue weighted by atomic mass is 35.5. The third kappa shape index (κ3) is 2.69. The predicted molar refractivity (Wildman–Crippen MR) is 68.1 cm³/mol. The number of nitrogens with two attached hydrogens (primary N) is 1. The van der Waals surface area contributed by atoms with E-state index in [1.807, 2.05) is 18.2 Å². The van der Waals surface area contributed by atoms with Gasteiger partial charge in [0.2, 0.25) is 0 Å². The number of hydrogen-bond acceptors (Lipinski definition) is 5. The zero-order chi connectivity index (χ0) is 12.3. The van der Waals surface area contributed by atoms with Crippen molar-refractivity contribution in [3.8, 4) is 16.7 Å². The summed E-state index contributed by atoms with van der Waals surface area (Å²) in [4.78, 5) is 4.88. The summed E-state index contributed by atoms with van der Waals surface area (Å²) in [7, 11) is 1.59. The van der Waals surface area contributed by atoms with E-state index in [1.54, 1.807) is 13.2 Å². The molecule has 1 aromatic heterocycles. The predicted octanol–water partition coefficient (Wildman–Crippen LogP) is 3.06. The SMILES string of the molecule is COc1ccccc1Oc1nc(Cl)c(CN)s1. The number of hydrogen-bond donors (Lipinski definition) is 1. The van der Waals surface area contributed by atoms with Crippen molar-refractivity contribution < 1.29 is 9.47 Å². The van der Waals surface area contributed by atoms with E-state index in [2.05, 4.69) is 4.98 Å².